The van der Waals surface area contributed by atoms with Gasteiger partial charge in [-0.05, 0) is 49.3 Å². The lowest BCUT2D eigenvalue weighted by Crippen LogP contribution is -1.92. The first kappa shape index (κ1) is 13.3. The largest absolute Gasteiger partial charge is 0.457 e. The van der Waals surface area contributed by atoms with Crippen LogP contribution in [0.4, 0.5) is 5.69 Å². The molecule has 0 bridgehead atoms. The Labute approximate surface area is 121 Å². The minimum absolute atomic E-state index is 0.0421. The van der Waals surface area contributed by atoms with Crippen molar-refractivity contribution < 1.29 is 14.1 Å². The topological polar surface area (TPSA) is 73.3 Å². The van der Waals surface area contributed by atoms with Crippen LogP contribution in [0.15, 0.2) is 46.9 Å². The summed E-state index contributed by atoms with van der Waals surface area (Å²) in [6, 6.07) is 9.70. The number of hydrogen-bond acceptors (Lipinski definition) is 4. The van der Waals surface area contributed by atoms with Crippen molar-refractivity contribution in [2.24, 2.45) is 5.92 Å². The highest BCUT2D eigenvalue weighted by molar-refractivity contribution is 5.96. The van der Waals surface area contributed by atoms with Crippen LogP contribution in [0.3, 0.4) is 0 Å². The van der Waals surface area contributed by atoms with Crippen molar-refractivity contribution in [3.63, 3.8) is 0 Å². The van der Waals surface area contributed by atoms with E-state index in [-0.39, 0.29) is 17.4 Å². The van der Waals surface area contributed by atoms with Crippen LogP contribution in [0.2, 0.25) is 0 Å². The van der Waals surface area contributed by atoms with Gasteiger partial charge >= 0.3 is 0 Å². The maximum absolute atomic E-state index is 11.6. The van der Waals surface area contributed by atoms with Gasteiger partial charge in [0.05, 0.1) is 4.92 Å². The number of benzene rings is 1. The smallest absolute Gasteiger partial charge is 0.269 e. The van der Waals surface area contributed by atoms with Crippen molar-refractivity contribution in [3.05, 3.63) is 58.3 Å². The molecule has 1 saturated carbocycles. The maximum atomic E-state index is 11.6. The number of nitro benzene ring substituents is 1. The van der Waals surface area contributed by atoms with Gasteiger partial charge in [0.1, 0.15) is 11.5 Å². The molecule has 5 heteroatoms. The van der Waals surface area contributed by atoms with Gasteiger partial charge in [-0.1, -0.05) is 0 Å². The van der Waals surface area contributed by atoms with Gasteiger partial charge in [0.2, 0.25) is 0 Å². The molecule has 106 valence electrons. The van der Waals surface area contributed by atoms with Gasteiger partial charge in [-0.25, -0.2) is 0 Å². The third-order valence-corrected chi connectivity index (χ3v) is 3.38. The standard InChI is InChI=1S/C16H13NO4/c18-15(11-1-2-11)9-7-14-8-10-16(21-14)12-3-5-13(6-4-12)17(19)20/h3-11H,1-2H2/b9-7+. The van der Waals surface area contributed by atoms with Crippen molar-refractivity contribution in [3.8, 4) is 11.3 Å². The molecule has 5 nitrogen and oxygen atoms in total. The minimum atomic E-state index is -0.441. The zero-order valence-corrected chi connectivity index (χ0v) is 11.2. The lowest BCUT2D eigenvalue weighted by atomic mass is 10.1. The number of ketones is 1. The van der Waals surface area contributed by atoms with Crippen LogP contribution >= 0.6 is 0 Å². The molecule has 3 rings (SSSR count). The molecule has 0 spiro atoms. The van der Waals surface area contributed by atoms with Crippen LogP contribution in [0.5, 0.6) is 0 Å². The summed E-state index contributed by atoms with van der Waals surface area (Å²) in [5.74, 6) is 1.55. The summed E-state index contributed by atoms with van der Waals surface area (Å²) >= 11 is 0. The molecular weight excluding hydrogens is 270 g/mol. The molecule has 2 aromatic rings. The number of hydrogen-bond donors (Lipinski definition) is 0. The summed E-state index contributed by atoms with van der Waals surface area (Å²) in [7, 11) is 0. The normalized spacial score (nSPS) is 14.5. The van der Waals surface area contributed by atoms with Gasteiger partial charge in [0, 0.05) is 23.6 Å². The summed E-state index contributed by atoms with van der Waals surface area (Å²) in [4.78, 5) is 21.7. The quantitative estimate of drug-likeness (QED) is 0.474. The molecule has 0 amide bonds. The summed E-state index contributed by atoms with van der Waals surface area (Å²) < 4.78 is 5.61. The zero-order chi connectivity index (χ0) is 14.8. The number of carbonyl (C=O) groups excluding carboxylic acids is 1. The molecule has 1 heterocycles. The molecule has 0 radical (unpaired) electrons. The van der Waals surface area contributed by atoms with Gasteiger partial charge in [0.15, 0.2) is 5.78 Å². The molecule has 21 heavy (non-hydrogen) atoms. The summed E-state index contributed by atoms with van der Waals surface area (Å²) in [6.45, 7) is 0. The highest BCUT2D eigenvalue weighted by atomic mass is 16.6. The summed E-state index contributed by atoms with van der Waals surface area (Å²) in [5, 5.41) is 10.6. The number of nitrogens with zero attached hydrogens (tertiary/aromatic N) is 1. The first-order valence-electron chi connectivity index (χ1n) is 6.70. The Morgan fingerprint density at radius 1 is 1.19 bits per heavy atom. The Hall–Kier alpha value is -2.69. The Morgan fingerprint density at radius 2 is 1.90 bits per heavy atom. The average molecular weight is 283 g/mol. The fourth-order valence-electron chi connectivity index (χ4n) is 2.01. The minimum Gasteiger partial charge on any atom is -0.457 e. The third-order valence-electron chi connectivity index (χ3n) is 3.38. The molecule has 1 aliphatic carbocycles. The lowest BCUT2D eigenvalue weighted by Gasteiger charge is -1.96. The predicted molar refractivity (Wildman–Crippen MR) is 77.6 cm³/mol. The van der Waals surface area contributed by atoms with Crippen molar-refractivity contribution in [2.45, 2.75) is 12.8 Å². The first-order valence-corrected chi connectivity index (χ1v) is 6.70. The van der Waals surface area contributed by atoms with E-state index >= 15 is 0 Å². The van der Waals surface area contributed by atoms with Crippen LogP contribution in [-0.2, 0) is 4.79 Å². The van der Waals surface area contributed by atoms with E-state index in [1.807, 2.05) is 0 Å². The molecular formula is C16H13NO4. The van der Waals surface area contributed by atoms with E-state index in [4.69, 9.17) is 4.42 Å². The molecule has 1 fully saturated rings. The Morgan fingerprint density at radius 3 is 2.52 bits per heavy atom. The average Bonchev–Trinajstić information content (AvgIpc) is 3.24. The van der Waals surface area contributed by atoms with E-state index in [1.165, 1.54) is 12.1 Å². The Bertz CT molecular complexity index is 708. The SMILES string of the molecule is O=C(/C=C/c1ccc(-c2ccc([N+](=O)[O-])cc2)o1)C1CC1. The van der Waals surface area contributed by atoms with Crippen LogP contribution in [-0.4, -0.2) is 10.7 Å². The van der Waals surface area contributed by atoms with Gasteiger partial charge in [0.25, 0.3) is 5.69 Å². The number of carbonyl (C=O) groups is 1. The van der Waals surface area contributed by atoms with E-state index in [9.17, 15) is 14.9 Å². The van der Waals surface area contributed by atoms with Crippen LogP contribution in [0, 0.1) is 16.0 Å². The van der Waals surface area contributed by atoms with Gasteiger partial charge < -0.3 is 4.42 Å². The van der Waals surface area contributed by atoms with Crippen molar-refractivity contribution in [1.29, 1.82) is 0 Å². The number of allylic oxidation sites excluding steroid dienone is 1. The second kappa shape index (κ2) is 5.36. The maximum Gasteiger partial charge on any atom is 0.269 e. The second-order valence-corrected chi connectivity index (χ2v) is 5.02. The molecule has 0 atom stereocenters. The van der Waals surface area contributed by atoms with E-state index < -0.39 is 4.92 Å². The molecule has 0 N–H and O–H groups in total. The fourth-order valence-corrected chi connectivity index (χ4v) is 2.01. The Kier molecular flexibility index (Phi) is 3.39. The van der Waals surface area contributed by atoms with E-state index in [2.05, 4.69) is 0 Å². The second-order valence-electron chi connectivity index (χ2n) is 5.02. The van der Waals surface area contributed by atoms with Crippen molar-refractivity contribution in [2.75, 3.05) is 0 Å². The number of rotatable bonds is 5. The van der Waals surface area contributed by atoms with Crippen molar-refractivity contribution in [1.82, 2.24) is 0 Å². The molecule has 0 aliphatic heterocycles. The molecule has 0 saturated heterocycles. The highest BCUT2D eigenvalue weighted by Crippen LogP contribution is 2.30. The number of non-ortho nitro benzene ring substituents is 1. The predicted octanol–water partition coefficient (Wildman–Crippen LogP) is 3.85. The van der Waals surface area contributed by atoms with Gasteiger partial charge in [-0.3, -0.25) is 14.9 Å². The van der Waals surface area contributed by atoms with Gasteiger partial charge in [-0.15, -0.1) is 0 Å². The van der Waals surface area contributed by atoms with E-state index in [0.29, 0.717) is 11.5 Å². The molecule has 1 aromatic carbocycles. The number of nitro groups is 1. The molecule has 1 aromatic heterocycles. The highest BCUT2D eigenvalue weighted by Gasteiger charge is 2.27. The van der Waals surface area contributed by atoms with Gasteiger partial charge in [-0.2, -0.15) is 0 Å². The summed E-state index contributed by atoms with van der Waals surface area (Å²) in [5.41, 5.74) is 0.800. The van der Waals surface area contributed by atoms with Crippen LogP contribution in [0.25, 0.3) is 17.4 Å². The molecule has 1 aliphatic rings. The van der Waals surface area contributed by atoms with Crippen LogP contribution in [0.1, 0.15) is 18.6 Å². The Balaban J connectivity index is 1.74. The summed E-state index contributed by atoms with van der Waals surface area (Å²) in [6.07, 6.45) is 5.18. The van der Waals surface area contributed by atoms with Crippen molar-refractivity contribution >= 4 is 17.5 Å². The number of furan rings is 1. The van der Waals surface area contributed by atoms with E-state index in [0.717, 1.165) is 18.4 Å². The lowest BCUT2D eigenvalue weighted by molar-refractivity contribution is -0.384. The van der Waals surface area contributed by atoms with E-state index in [1.54, 1.807) is 36.4 Å². The van der Waals surface area contributed by atoms with Crippen LogP contribution < -0.4 is 0 Å². The zero-order valence-electron chi connectivity index (χ0n) is 11.2. The third kappa shape index (κ3) is 3.08. The fraction of sp³-hybridized carbons (Fsp3) is 0.188. The first-order chi connectivity index (χ1) is 10.1. The monoisotopic (exact) mass is 283 g/mol. The molecule has 0 unspecified atom stereocenters.